The van der Waals surface area contributed by atoms with E-state index in [1.807, 2.05) is 0 Å². The van der Waals surface area contributed by atoms with Gasteiger partial charge in [-0.25, -0.2) is 0 Å². The molecule has 9 aromatic rings. The number of hydrogen-bond donors (Lipinski definition) is 1. The Kier molecular flexibility index (Phi) is 7.98. The first-order chi connectivity index (χ1) is 31.1. The molecule has 0 spiro atoms. The van der Waals surface area contributed by atoms with Crippen LogP contribution in [0.25, 0.3) is 67.1 Å². The number of aromatic nitrogens is 3. The maximum atomic E-state index is 7.36. The highest BCUT2D eigenvalue weighted by Crippen LogP contribution is 2.72. The van der Waals surface area contributed by atoms with Gasteiger partial charge in [0.25, 0.3) is 0 Å². The summed E-state index contributed by atoms with van der Waals surface area (Å²) in [5.74, 6) is 2.01. The van der Waals surface area contributed by atoms with Crippen molar-refractivity contribution >= 4 is 66.7 Å². The van der Waals surface area contributed by atoms with Crippen molar-refractivity contribution in [3.05, 3.63) is 167 Å². The normalized spacial score (nSPS) is 19.3. The first-order valence-corrected chi connectivity index (χ1v) is 25.0. The molecule has 2 aliphatic heterocycles. The van der Waals surface area contributed by atoms with E-state index in [-0.39, 0.29) is 22.3 Å². The van der Waals surface area contributed by atoms with Gasteiger partial charge in [0.1, 0.15) is 11.5 Å². The van der Waals surface area contributed by atoms with E-state index in [1.54, 1.807) is 0 Å². The molecule has 3 unspecified atom stereocenters. The molecule has 4 aliphatic rings. The van der Waals surface area contributed by atoms with Gasteiger partial charge >= 0.3 is 0 Å². The number of allylic oxidation sites excluding steroid dienone is 2. The van der Waals surface area contributed by atoms with Gasteiger partial charge in [-0.05, 0) is 88.7 Å². The van der Waals surface area contributed by atoms with Crippen molar-refractivity contribution in [1.29, 1.82) is 0 Å². The minimum absolute atomic E-state index is 0.00942. The molecule has 0 radical (unpaired) electrons. The highest BCUT2D eigenvalue weighted by molar-refractivity contribution is 8.17. The minimum atomic E-state index is -0.858. The van der Waals surface area contributed by atoms with Crippen LogP contribution in [-0.2, 0) is 10.8 Å². The van der Waals surface area contributed by atoms with Crippen LogP contribution in [0.4, 0.5) is 0 Å². The lowest BCUT2D eigenvalue weighted by atomic mass is 9.79. The lowest BCUT2D eigenvalue weighted by Gasteiger charge is -2.46. The van der Waals surface area contributed by atoms with Gasteiger partial charge in [-0.1, -0.05) is 153 Å². The molecule has 0 amide bonds. The highest BCUT2D eigenvalue weighted by atomic mass is 32.2. The largest absolute Gasteiger partial charge is 0.455 e. The Labute approximate surface area is 385 Å². The van der Waals surface area contributed by atoms with Gasteiger partial charge in [-0.2, -0.15) is 10.9 Å². The molecule has 6 aromatic carbocycles. The number of rotatable bonds is 2. The topological polar surface area (TPSA) is 24.0 Å². The molecule has 2 aliphatic carbocycles. The standard InChI is InChI=1S/C60H57N3OS/c1-58(2,3)35-25-27-48-43(29-35)44-30-37(60(7,8)9)32-54-56(44)63(48)50-33-38(34-52-57(50)65(54)53-31-36(59(4,5)6)26-28-51(53)64-52)61-45-21-13-12-19-41(45)42-20-16-24-49(55(42)61)62-46-22-14-10-17-39(46)40-18-11-15-23-47(40)62/h10-23,25-31,33-34,49,54,65H,24,32H2,1-9H3. The number of nitrogens with zero attached hydrogens (tertiary/aromatic N) is 3. The van der Waals surface area contributed by atoms with Gasteiger partial charge in [0.05, 0.1) is 39.0 Å². The smallest absolute Gasteiger partial charge is 0.143 e. The average Bonchev–Trinajstić information content (AvgIpc) is 3.92. The van der Waals surface area contributed by atoms with Gasteiger partial charge < -0.3 is 18.4 Å². The Hall–Kier alpha value is -6.17. The van der Waals surface area contributed by atoms with Crippen LogP contribution >= 0.6 is 10.9 Å². The van der Waals surface area contributed by atoms with E-state index in [1.165, 1.54) is 98.3 Å². The summed E-state index contributed by atoms with van der Waals surface area (Å²) in [6, 6.07) is 46.4. The van der Waals surface area contributed by atoms with Crippen LogP contribution in [0.3, 0.4) is 0 Å². The number of thiol groups is 1. The van der Waals surface area contributed by atoms with Gasteiger partial charge in [-0.3, -0.25) is 0 Å². The van der Waals surface area contributed by atoms with Crippen molar-refractivity contribution < 1.29 is 4.74 Å². The van der Waals surface area contributed by atoms with Gasteiger partial charge in [0.15, 0.2) is 0 Å². The summed E-state index contributed by atoms with van der Waals surface area (Å²) in [4.78, 5) is 2.76. The predicted octanol–water partition coefficient (Wildman–Crippen LogP) is 16.7. The molecule has 0 N–H and O–H groups in total. The van der Waals surface area contributed by atoms with E-state index in [0.717, 1.165) is 30.0 Å². The fourth-order valence-electron chi connectivity index (χ4n) is 11.8. The molecule has 5 heterocycles. The van der Waals surface area contributed by atoms with Crippen molar-refractivity contribution in [3.63, 3.8) is 0 Å². The van der Waals surface area contributed by atoms with Crippen LogP contribution in [-0.4, -0.2) is 13.7 Å². The number of fused-ring (bicyclic) bond motifs is 13. The molecule has 0 saturated heterocycles. The molecule has 3 aromatic heterocycles. The van der Waals surface area contributed by atoms with E-state index in [4.69, 9.17) is 4.74 Å². The molecule has 13 rings (SSSR count). The van der Waals surface area contributed by atoms with Crippen molar-refractivity contribution in [2.24, 2.45) is 5.41 Å². The number of para-hydroxylation sites is 3. The third kappa shape index (κ3) is 5.51. The summed E-state index contributed by atoms with van der Waals surface area (Å²) in [6.45, 7) is 21.3. The minimum Gasteiger partial charge on any atom is -0.455 e. The quantitative estimate of drug-likeness (QED) is 0.172. The van der Waals surface area contributed by atoms with Crippen LogP contribution in [0, 0.1) is 5.41 Å². The SMILES string of the molecule is CC(C)(C)C1=Cc2c3n(c4ccc(C(C)(C)C)cc24)-c2cc(-n4c5c(c6ccccc64)C=CCC5n4c5ccccc5c5ccccc54)cc4c2[SH](c2cc(C(C)(C)C)ccc2O4)C3C1. The van der Waals surface area contributed by atoms with Crippen LogP contribution in [0.15, 0.2) is 143 Å². The lowest BCUT2D eigenvalue weighted by Crippen LogP contribution is -2.24. The number of hydrogen-bond acceptors (Lipinski definition) is 1. The maximum absolute atomic E-state index is 7.36. The van der Waals surface area contributed by atoms with Gasteiger partial charge in [-0.15, -0.1) is 0 Å². The Balaban J connectivity index is 1.14. The molecule has 3 atom stereocenters. The molecule has 0 bridgehead atoms. The monoisotopic (exact) mass is 867 g/mol. The van der Waals surface area contributed by atoms with E-state index >= 15 is 0 Å². The zero-order valence-corrected chi connectivity index (χ0v) is 39.9. The first-order valence-electron chi connectivity index (χ1n) is 23.6. The van der Waals surface area contributed by atoms with Crippen LogP contribution in [0.2, 0.25) is 0 Å². The molecule has 5 heteroatoms. The highest BCUT2D eigenvalue weighted by Gasteiger charge is 2.45. The van der Waals surface area contributed by atoms with E-state index in [9.17, 15) is 0 Å². The van der Waals surface area contributed by atoms with Gasteiger partial charge in [0.2, 0.25) is 0 Å². The summed E-state index contributed by atoms with van der Waals surface area (Å²) < 4.78 is 15.3. The Morgan fingerprint density at radius 3 is 1.88 bits per heavy atom. The summed E-state index contributed by atoms with van der Waals surface area (Å²) in [5, 5.41) is 5.54. The molecular weight excluding hydrogens is 811 g/mol. The second-order valence-electron chi connectivity index (χ2n) is 22.2. The average molecular weight is 868 g/mol. The van der Waals surface area contributed by atoms with Crippen molar-refractivity contribution in [1.82, 2.24) is 13.7 Å². The summed E-state index contributed by atoms with van der Waals surface area (Å²) in [7, 11) is -0.858. The lowest BCUT2D eigenvalue weighted by molar-refractivity contribution is 0.447. The van der Waals surface area contributed by atoms with Crippen molar-refractivity contribution in [2.75, 3.05) is 0 Å². The van der Waals surface area contributed by atoms with E-state index in [2.05, 4.69) is 216 Å². The van der Waals surface area contributed by atoms with E-state index < -0.39 is 10.9 Å². The van der Waals surface area contributed by atoms with Gasteiger partial charge in [0, 0.05) is 65.6 Å². The van der Waals surface area contributed by atoms with Crippen LogP contribution in [0.1, 0.15) is 120 Å². The zero-order valence-electron chi connectivity index (χ0n) is 39.0. The Morgan fingerprint density at radius 2 is 1.18 bits per heavy atom. The molecule has 65 heavy (non-hydrogen) atoms. The third-order valence-electron chi connectivity index (χ3n) is 15.2. The Morgan fingerprint density at radius 1 is 0.554 bits per heavy atom. The molecule has 324 valence electrons. The fraction of sp³-hybridized carbons (Fsp3) is 0.267. The first kappa shape index (κ1) is 39.2. The van der Waals surface area contributed by atoms with E-state index in [0.29, 0.717) is 5.25 Å². The molecule has 0 fully saturated rings. The molecule has 4 nitrogen and oxygen atoms in total. The summed E-state index contributed by atoms with van der Waals surface area (Å²) in [6.07, 6.45) is 9.30. The predicted molar refractivity (Wildman–Crippen MR) is 276 cm³/mol. The fourth-order valence-corrected chi connectivity index (χ4v) is 15.0. The van der Waals surface area contributed by atoms with Crippen molar-refractivity contribution in [2.45, 2.75) is 107 Å². The van der Waals surface area contributed by atoms with Crippen LogP contribution < -0.4 is 4.74 Å². The maximum Gasteiger partial charge on any atom is 0.143 e. The third-order valence-corrected chi connectivity index (χ3v) is 18.0. The number of benzene rings is 6. The molecular formula is C60H57N3OS. The second-order valence-corrected chi connectivity index (χ2v) is 24.5. The number of ether oxygens (including phenoxy) is 1. The Bertz CT molecular complexity index is 3550. The van der Waals surface area contributed by atoms with Crippen molar-refractivity contribution in [3.8, 4) is 22.9 Å². The molecule has 0 saturated carbocycles. The summed E-state index contributed by atoms with van der Waals surface area (Å²) in [5.41, 5.74) is 17.3. The summed E-state index contributed by atoms with van der Waals surface area (Å²) >= 11 is 0. The second kappa shape index (κ2) is 13.2. The van der Waals surface area contributed by atoms with Crippen LogP contribution in [0.5, 0.6) is 11.5 Å². The zero-order chi connectivity index (χ0) is 44.5.